The van der Waals surface area contributed by atoms with E-state index in [9.17, 15) is 9.90 Å². The number of rotatable bonds is 4. The van der Waals surface area contributed by atoms with Crippen molar-refractivity contribution >= 4 is 11.7 Å². The first-order valence-electron chi connectivity index (χ1n) is 5.69. The fourth-order valence-corrected chi connectivity index (χ4v) is 1.56. The van der Waals surface area contributed by atoms with Gasteiger partial charge in [0.05, 0.1) is 0 Å². The minimum absolute atomic E-state index is 0.0996. The van der Waals surface area contributed by atoms with Crippen molar-refractivity contribution in [2.75, 3.05) is 11.9 Å². The van der Waals surface area contributed by atoms with Crippen molar-refractivity contribution in [3.05, 3.63) is 35.6 Å². The Morgan fingerprint density at radius 1 is 1.37 bits per heavy atom. The smallest absolute Gasteiger partial charge is 0.263 e. The molecule has 6 heteroatoms. The topological polar surface area (TPSA) is 84.6 Å². The van der Waals surface area contributed by atoms with E-state index in [-0.39, 0.29) is 18.3 Å². The summed E-state index contributed by atoms with van der Waals surface area (Å²) < 4.78 is 10.1. The summed E-state index contributed by atoms with van der Waals surface area (Å²) >= 11 is 0. The molecule has 0 radical (unpaired) electrons. The van der Waals surface area contributed by atoms with E-state index < -0.39 is 0 Å². The standard InChI is InChI=1S/C13H14N2O4/c1-8-3-10(16)6-11(4-8)18-7-13(17)14-12-5-9(2)19-15-12/h3-6,16H,7H2,1-2H3,(H,14,15,17). The maximum atomic E-state index is 11.6. The third-order valence-electron chi connectivity index (χ3n) is 2.30. The molecule has 2 rings (SSSR count). The van der Waals surface area contributed by atoms with E-state index in [1.54, 1.807) is 25.1 Å². The summed E-state index contributed by atoms with van der Waals surface area (Å²) in [5.41, 5.74) is 0.850. The number of aromatic nitrogens is 1. The van der Waals surface area contributed by atoms with Crippen LogP contribution in [0.2, 0.25) is 0 Å². The molecule has 6 nitrogen and oxygen atoms in total. The fraction of sp³-hybridized carbons (Fsp3) is 0.231. The number of hydrogen-bond acceptors (Lipinski definition) is 5. The molecule has 0 aliphatic heterocycles. The number of carbonyl (C=O) groups excluding carboxylic acids is 1. The number of aryl methyl sites for hydroxylation is 2. The number of anilines is 1. The van der Waals surface area contributed by atoms with E-state index in [1.165, 1.54) is 6.07 Å². The monoisotopic (exact) mass is 262 g/mol. The molecule has 0 saturated carbocycles. The summed E-state index contributed by atoms with van der Waals surface area (Å²) in [5.74, 6) is 1.14. The Bertz CT molecular complexity index is 572. The molecule has 0 unspecified atom stereocenters. The molecule has 1 aromatic carbocycles. The van der Waals surface area contributed by atoms with Crippen LogP contribution in [0.25, 0.3) is 0 Å². The second kappa shape index (κ2) is 5.43. The number of amides is 1. The zero-order valence-electron chi connectivity index (χ0n) is 10.6. The van der Waals surface area contributed by atoms with Crippen LogP contribution < -0.4 is 10.1 Å². The Balaban J connectivity index is 1.89. The third kappa shape index (κ3) is 3.74. The molecule has 1 aromatic heterocycles. The molecule has 19 heavy (non-hydrogen) atoms. The molecule has 0 bridgehead atoms. The van der Waals surface area contributed by atoms with E-state index in [0.29, 0.717) is 17.3 Å². The van der Waals surface area contributed by atoms with Crippen molar-refractivity contribution in [2.24, 2.45) is 0 Å². The van der Waals surface area contributed by atoms with Crippen LogP contribution in [0.1, 0.15) is 11.3 Å². The van der Waals surface area contributed by atoms with Gasteiger partial charge in [-0.3, -0.25) is 4.79 Å². The number of benzene rings is 1. The summed E-state index contributed by atoms with van der Waals surface area (Å²) in [6.45, 7) is 3.38. The number of phenols is 1. The zero-order chi connectivity index (χ0) is 13.8. The van der Waals surface area contributed by atoms with Crippen molar-refractivity contribution in [2.45, 2.75) is 13.8 Å². The second-order valence-electron chi connectivity index (χ2n) is 4.16. The quantitative estimate of drug-likeness (QED) is 0.880. The SMILES string of the molecule is Cc1cc(O)cc(OCC(=O)Nc2cc(C)on2)c1. The number of carbonyl (C=O) groups is 1. The highest BCUT2D eigenvalue weighted by Gasteiger charge is 2.07. The van der Waals surface area contributed by atoms with Gasteiger partial charge in [0.2, 0.25) is 0 Å². The Morgan fingerprint density at radius 2 is 2.16 bits per heavy atom. The largest absolute Gasteiger partial charge is 0.508 e. The van der Waals surface area contributed by atoms with Gasteiger partial charge in [0.25, 0.3) is 5.91 Å². The number of aromatic hydroxyl groups is 1. The molecule has 0 spiro atoms. The van der Waals surface area contributed by atoms with Gasteiger partial charge < -0.3 is 19.7 Å². The Kier molecular flexibility index (Phi) is 3.70. The lowest BCUT2D eigenvalue weighted by Crippen LogP contribution is -2.20. The van der Waals surface area contributed by atoms with Crippen LogP contribution in [0.5, 0.6) is 11.5 Å². The highest BCUT2D eigenvalue weighted by atomic mass is 16.5. The normalized spacial score (nSPS) is 10.2. The lowest BCUT2D eigenvalue weighted by atomic mass is 10.2. The lowest BCUT2D eigenvalue weighted by Gasteiger charge is -2.07. The lowest BCUT2D eigenvalue weighted by molar-refractivity contribution is -0.118. The van der Waals surface area contributed by atoms with Crippen molar-refractivity contribution in [1.82, 2.24) is 5.16 Å². The van der Waals surface area contributed by atoms with Crippen LogP contribution in [-0.4, -0.2) is 22.8 Å². The fourth-order valence-electron chi connectivity index (χ4n) is 1.56. The molecule has 0 aliphatic rings. The first-order chi connectivity index (χ1) is 9.02. The first kappa shape index (κ1) is 12.9. The summed E-state index contributed by atoms with van der Waals surface area (Å²) in [6, 6.07) is 6.38. The molecular formula is C13H14N2O4. The van der Waals surface area contributed by atoms with Crippen LogP contribution in [-0.2, 0) is 4.79 Å². The van der Waals surface area contributed by atoms with Gasteiger partial charge >= 0.3 is 0 Å². The van der Waals surface area contributed by atoms with E-state index in [4.69, 9.17) is 9.26 Å². The number of ether oxygens (including phenoxy) is 1. The van der Waals surface area contributed by atoms with Gasteiger partial charge in [-0.2, -0.15) is 0 Å². The van der Waals surface area contributed by atoms with Crippen molar-refractivity contribution in [3.8, 4) is 11.5 Å². The number of phenolic OH excluding ortho intramolecular Hbond substituents is 1. The molecule has 100 valence electrons. The summed E-state index contributed by atoms with van der Waals surface area (Å²) in [6.07, 6.45) is 0. The number of nitrogens with one attached hydrogen (secondary N) is 1. The van der Waals surface area contributed by atoms with Gasteiger partial charge in [-0.05, 0) is 31.5 Å². The molecular weight excluding hydrogens is 248 g/mol. The van der Waals surface area contributed by atoms with Crippen molar-refractivity contribution < 1.29 is 19.2 Å². The van der Waals surface area contributed by atoms with E-state index in [2.05, 4.69) is 10.5 Å². The molecule has 0 fully saturated rings. The van der Waals surface area contributed by atoms with Gasteiger partial charge in [0.1, 0.15) is 17.3 Å². The van der Waals surface area contributed by atoms with Crippen LogP contribution in [0.4, 0.5) is 5.82 Å². The summed E-state index contributed by atoms with van der Waals surface area (Å²) in [7, 11) is 0. The summed E-state index contributed by atoms with van der Waals surface area (Å²) in [4.78, 5) is 11.6. The molecule has 2 N–H and O–H groups in total. The molecule has 2 aromatic rings. The third-order valence-corrected chi connectivity index (χ3v) is 2.30. The zero-order valence-corrected chi connectivity index (χ0v) is 10.6. The minimum atomic E-state index is -0.353. The average molecular weight is 262 g/mol. The van der Waals surface area contributed by atoms with E-state index in [1.807, 2.05) is 6.92 Å². The van der Waals surface area contributed by atoms with Crippen molar-refractivity contribution in [3.63, 3.8) is 0 Å². The molecule has 1 amide bonds. The Labute approximate surface area is 110 Å². The van der Waals surface area contributed by atoms with Crippen LogP contribution in [0, 0.1) is 13.8 Å². The second-order valence-corrected chi connectivity index (χ2v) is 4.16. The van der Waals surface area contributed by atoms with Crippen molar-refractivity contribution in [1.29, 1.82) is 0 Å². The number of nitrogens with zero attached hydrogens (tertiary/aromatic N) is 1. The molecule has 0 atom stereocenters. The predicted molar refractivity (Wildman–Crippen MR) is 68.2 cm³/mol. The highest BCUT2D eigenvalue weighted by molar-refractivity contribution is 5.90. The Hall–Kier alpha value is -2.50. The summed E-state index contributed by atoms with van der Waals surface area (Å²) in [5, 5.41) is 15.6. The maximum Gasteiger partial charge on any atom is 0.263 e. The average Bonchev–Trinajstić information content (AvgIpc) is 2.71. The van der Waals surface area contributed by atoms with Gasteiger partial charge in [-0.25, -0.2) is 0 Å². The maximum absolute atomic E-state index is 11.6. The van der Waals surface area contributed by atoms with Gasteiger partial charge in [-0.1, -0.05) is 5.16 Å². The van der Waals surface area contributed by atoms with Gasteiger partial charge in [0.15, 0.2) is 12.4 Å². The van der Waals surface area contributed by atoms with Crippen LogP contribution in [0.15, 0.2) is 28.8 Å². The van der Waals surface area contributed by atoms with Crippen LogP contribution >= 0.6 is 0 Å². The molecule has 0 aliphatic carbocycles. The Morgan fingerprint density at radius 3 is 2.79 bits per heavy atom. The van der Waals surface area contributed by atoms with E-state index in [0.717, 1.165) is 5.56 Å². The minimum Gasteiger partial charge on any atom is -0.508 e. The molecule has 1 heterocycles. The van der Waals surface area contributed by atoms with Gasteiger partial charge in [0, 0.05) is 12.1 Å². The van der Waals surface area contributed by atoms with E-state index >= 15 is 0 Å². The predicted octanol–water partition coefficient (Wildman–Crippen LogP) is 2.01. The number of hydrogen-bond donors (Lipinski definition) is 2. The highest BCUT2D eigenvalue weighted by Crippen LogP contribution is 2.21. The van der Waals surface area contributed by atoms with Gasteiger partial charge in [-0.15, -0.1) is 0 Å². The molecule has 0 saturated heterocycles. The van der Waals surface area contributed by atoms with Crippen LogP contribution in [0.3, 0.4) is 0 Å². The first-order valence-corrected chi connectivity index (χ1v) is 5.69.